The first kappa shape index (κ1) is 27.9. The molecule has 0 aromatic carbocycles. The number of aliphatic hydroxyl groups is 1. The molecule has 5 amide bonds. The van der Waals surface area contributed by atoms with Crippen LogP contribution >= 0.6 is 0 Å². The number of urea groups is 1. The van der Waals surface area contributed by atoms with E-state index in [9.17, 15) is 34.2 Å². The van der Waals surface area contributed by atoms with Crippen LogP contribution < -0.4 is 21.7 Å². The number of aliphatic hydroxyl groups excluding tert-OH is 1. The maximum atomic E-state index is 12.6. The molecule has 7 N–H and O–H groups in total. The molecule has 12 heteroatoms. The third-order valence-corrected chi connectivity index (χ3v) is 5.17. The second-order valence-corrected chi connectivity index (χ2v) is 8.24. The van der Waals surface area contributed by atoms with Gasteiger partial charge in [0.15, 0.2) is 0 Å². The van der Waals surface area contributed by atoms with E-state index in [1.807, 2.05) is 0 Å². The third-order valence-electron chi connectivity index (χ3n) is 5.17. The van der Waals surface area contributed by atoms with E-state index in [0.717, 1.165) is 0 Å². The predicted octanol–water partition coefficient (Wildman–Crippen LogP) is -0.578. The number of carboxylic acids is 1. The van der Waals surface area contributed by atoms with Gasteiger partial charge in [-0.05, 0) is 37.7 Å². The van der Waals surface area contributed by atoms with Crippen molar-refractivity contribution in [1.29, 1.82) is 0 Å². The molecule has 1 rings (SSSR count). The number of carbonyl (C=O) groups excluding carboxylic acids is 4. The number of nitrogens with one attached hydrogen (secondary N) is 3. The molecule has 3 atom stereocenters. The Morgan fingerprint density at radius 3 is 2.36 bits per heavy atom. The molecule has 0 aromatic rings. The van der Waals surface area contributed by atoms with Gasteiger partial charge in [0.2, 0.25) is 17.7 Å². The SMILES string of the molecule is CC(C)[C@H](NC(=O)CCCCCN1C(=O)C=CC1O)C(=O)N[C@@H](CCCNC(N)=O)C(=O)O. The molecule has 33 heavy (non-hydrogen) atoms. The molecule has 0 aliphatic carbocycles. The summed E-state index contributed by atoms with van der Waals surface area (Å²) < 4.78 is 0. The van der Waals surface area contributed by atoms with Gasteiger partial charge < -0.3 is 36.8 Å². The van der Waals surface area contributed by atoms with Crippen molar-refractivity contribution < 1.29 is 34.2 Å². The van der Waals surface area contributed by atoms with Crippen LogP contribution in [0.3, 0.4) is 0 Å². The van der Waals surface area contributed by atoms with Crippen molar-refractivity contribution in [1.82, 2.24) is 20.9 Å². The average molecular weight is 470 g/mol. The molecule has 0 fully saturated rings. The molecule has 0 saturated carbocycles. The molecule has 1 heterocycles. The number of amides is 5. The molecule has 0 aromatic heterocycles. The van der Waals surface area contributed by atoms with Crippen molar-refractivity contribution in [3.8, 4) is 0 Å². The molecule has 0 bridgehead atoms. The van der Waals surface area contributed by atoms with Crippen LogP contribution in [0, 0.1) is 5.92 Å². The van der Waals surface area contributed by atoms with Crippen LogP contribution in [0.1, 0.15) is 52.4 Å². The Morgan fingerprint density at radius 2 is 1.82 bits per heavy atom. The van der Waals surface area contributed by atoms with Crippen LogP contribution in [0.25, 0.3) is 0 Å². The smallest absolute Gasteiger partial charge is 0.326 e. The third kappa shape index (κ3) is 10.3. The number of carboxylic acid groups (broad SMARTS) is 1. The summed E-state index contributed by atoms with van der Waals surface area (Å²) in [5.41, 5.74) is 4.96. The number of rotatable bonds is 15. The first-order valence-electron chi connectivity index (χ1n) is 11.1. The fourth-order valence-electron chi connectivity index (χ4n) is 3.30. The van der Waals surface area contributed by atoms with E-state index in [1.165, 1.54) is 17.1 Å². The highest BCUT2D eigenvalue weighted by molar-refractivity contribution is 5.91. The van der Waals surface area contributed by atoms with Gasteiger partial charge >= 0.3 is 12.0 Å². The summed E-state index contributed by atoms with van der Waals surface area (Å²) in [7, 11) is 0. The molecule has 186 valence electrons. The summed E-state index contributed by atoms with van der Waals surface area (Å²) in [5.74, 6) is -2.65. The minimum atomic E-state index is -1.21. The van der Waals surface area contributed by atoms with Gasteiger partial charge in [-0.2, -0.15) is 0 Å². The van der Waals surface area contributed by atoms with E-state index < -0.39 is 36.2 Å². The Hall–Kier alpha value is -3.15. The molecule has 1 aliphatic heterocycles. The molecular formula is C21H35N5O7. The quantitative estimate of drug-likeness (QED) is 0.173. The molecular weight excluding hydrogens is 434 g/mol. The zero-order valence-corrected chi connectivity index (χ0v) is 19.1. The minimum absolute atomic E-state index is 0.0872. The monoisotopic (exact) mass is 469 g/mol. The van der Waals surface area contributed by atoms with E-state index in [0.29, 0.717) is 32.2 Å². The van der Waals surface area contributed by atoms with Crippen molar-refractivity contribution in [2.45, 2.75) is 70.7 Å². The van der Waals surface area contributed by atoms with E-state index >= 15 is 0 Å². The molecule has 0 saturated heterocycles. The lowest BCUT2D eigenvalue weighted by molar-refractivity contribution is -0.142. The van der Waals surface area contributed by atoms with Gasteiger partial charge in [0.05, 0.1) is 0 Å². The maximum Gasteiger partial charge on any atom is 0.326 e. The van der Waals surface area contributed by atoms with E-state index in [4.69, 9.17) is 5.73 Å². The Bertz CT molecular complexity index is 741. The fourth-order valence-corrected chi connectivity index (χ4v) is 3.30. The lowest BCUT2D eigenvalue weighted by atomic mass is 10.0. The highest BCUT2D eigenvalue weighted by Gasteiger charge is 2.28. The van der Waals surface area contributed by atoms with Crippen LogP contribution in [0.15, 0.2) is 12.2 Å². The van der Waals surface area contributed by atoms with E-state index in [1.54, 1.807) is 13.8 Å². The molecule has 1 aliphatic rings. The number of hydrogen-bond acceptors (Lipinski definition) is 6. The van der Waals surface area contributed by atoms with Crippen LogP contribution in [-0.2, 0) is 19.2 Å². The number of unbranched alkanes of at least 4 members (excludes halogenated alkanes) is 2. The number of primary amides is 1. The molecule has 0 spiro atoms. The Balaban J connectivity index is 2.42. The second kappa shape index (κ2) is 14.1. The van der Waals surface area contributed by atoms with Crippen molar-refractivity contribution in [3.63, 3.8) is 0 Å². The molecule has 0 radical (unpaired) electrons. The Morgan fingerprint density at radius 1 is 1.12 bits per heavy atom. The highest BCUT2D eigenvalue weighted by atomic mass is 16.4. The average Bonchev–Trinajstić information content (AvgIpc) is 3.05. The first-order chi connectivity index (χ1) is 15.5. The van der Waals surface area contributed by atoms with Gasteiger partial charge in [-0.1, -0.05) is 20.3 Å². The van der Waals surface area contributed by atoms with Crippen LogP contribution in [0.5, 0.6) is 0 Å². The predicted molar refractivity (Wildman–Crippen MR) is 118 cm³/mol. The lowest BCUT2D eigenvalue weighted by Crippen LogP contribution is -2.53. The van der Waals surface area contributed by atoms with Gasteiger partial charge in [0.25, 0.3) is 0 Å². The standard InChI is InChI=1S/C21H35N5O7/c1-13(2)18(19(30)24-14(20(31)32)7-6-11-23-21(22)33)25-15(27)8-4-3-5-12-26-16(28)9-10-17(26)29/h9-10,13-14,16,18,28H,3-8,11-12H2,1-2H3,(H,24,30)(H,25,27)(H,31,32)(H3,22,23,33)/t14-,16?,18-/m0/s1. The summed E-state index contributed by atoms with van der Waals surface area (Å²) in [6.45, 7) is 4.05. The Labute approximate surface area is 192 Å². The topological polar surface area (TPSA) is 191 Å². The summed E-state index contributed by atoms with van der Waals surface area (Å²) in [6.07, 6.45) is 4.21. The van der Waals surface area contributed by atoms with Gasteiger partial charge in [0, 0.05) is 25.6 Å². The van der Waals surface area contributed by atoms with E-state index in [2.05, 4.69) is 16.0 Å². The highest BCUT2D eigenvalue weighted by Crippen LogP contribution is 2.11. The van der Waals surface area contributed by atoms with Gasteiger partial charge in [-0.25, -0.2) is 9.59 Å². The van der Waals surface area contributed by atoms with Gasteiger partial charge in [0.1, 0.15) is 18.3 Å². The van der Waals surface area contributed by atoms with Crippen LogP contribution in [0.2, 0.25) is 0 Å². The minimum Gasteiger partial charge on any atom is -0.480 e. The maximum absolute atomic E-state index is 12.6. The molecule has 12 nitrogen and oxygen atoms in total. The van der Waals surface area contributed by atoms with Crippen molar-refractivity contribution in [2.24, 2.45) is 11.7 Å². The lowest BCUT2D eigenvalue weighted by Gasteiger charge is -2.24. The summed E-state index contributed by atoms with van der Waals surface area (Å²) in [5, 5.41) is 26.4. The van der Waals surface area contributed by atoms with E-state index in [-0.39, 0.29) is 37.1 Å². The van der Waals surface area contributed by atoms with Crippen molar-refractivity contribution in [3.05, 3.63) is 12.2 Å². The summed E-state index contributed by atoms with van der Waals surface area (Å²) in [4.78, 5) is 59.9. The second-order valence-electron chi connectivity index (χ2n) is 8.24. The first-order valence-corrected chi connectivity index (χ1v) is 11.1. The molecule has 1 unspecified atom stereocenters. The van der Waals surface area contributed by atoms with Gasteiger partial charge in [-0.15, -0.1) is 0 Å². The summed E-state index contributed by atoms with van der Waals surface area (Å²) in [6, 6.07) is -2.78. The largest absolute Gasteiger partial charge is 0.480 e. The Kier molecular flexibility index (Phi) is 11.9. The van der Waals surface area contributed by atoms with Crippen molar-refractivity contribution in [2.75, 3.05) is 13.1 Å². The van der Waals surface area contributed by atoms with Gasteiger partial charge in [-0.3, -0.25) is 14.4 Å². The number of hydrogen-bond donors (Lipinski definition) is 6. The number of nitrogens with two attached hydrogens (primary N) is 1. The van der Waals surface area contributed by atoms with Crippen LogP contribution in [-0.4, -0.2) is 76.2 Å². The number of carbonyl (C=O) groups is 5. The zero-order valence-electron chi connectivity index (χ0n) is 19.1. The zero-order chi connectivity index (χ0) is 25.0. The number of aliphatic carboxylic acids is 1. The van der Waals surface area contributed by atoms with Crippen LogP contribution in [0.4, 0.5) is 4.79 Å². The fraction of sp³-hybridized carbons (Fsp3) is 0.667. The summed E-state index contributed by atoms with van der Waals surface area (Å²) >= 11 is 0. The normalized spacial score (nSPS) is 17.0. The van der Waals surface area contributed by atoms with Crippen molar-refractivity contribution >= 4 is 29.7 Å². The number of nitrogens with zero attached hydrogens (tertiary/aromatic N) is 1.